The first-order valence-corrected chi connectivity index (χ1v) is 9.94. The topological polar surface area (TPSA) is 66.5 Å². The molecule has 2 aliphatic heterocycles. The molecule has 2 aliphatic rings. The Bertz CT molecular complexity index is 1060. The fourth-order valence-electron chi connectivity index (χ4n) is 3.49. The fraction of sp³-hybridized carbons (Fsp3) is 0.211. The summed E-state index contributed by atoms with van der Waals surface area (Å²) in [7, 11) is -4.14. The lowest BCUT2D eigenvalue weighted by Crippen LogP contribution is -2.35. The van der Waals surface area contributed by atoms with Gasteiger partial charge >= 0.3 is 0 Å². The molecular formula is C19H16F2N2O3S. The van der Waals surface area contributed by atoms with Gasteiger partial charge in [0.25, 0.3) is 5.91 Å². The van der Waals surface area contributed by atoms with E-state index < -0.39 is 27.4 Å². The van der Waals surface area contributed by atoms with E-state index in [0.29, 0.717) is 36.3 Å². The van der Waals surface area contributed by atoms with Crippen LogP contribution in [0.15, 0.2) is 58.0 Å². The van der Waals surface area contributed by atoms with Gasteiger partial charge in [0, 0.05) is 18.8 Å². The maximum Gasteiger partial charge on any atom is 0.265 e. The number of carbonyl (C=O) groups excluding carboxylic acids is 1. The van der Waals surface area contributed by atoms with Crippen molar-refractivity contribution in [3.63, 3.8) is 0 Å². The third-order valence-corrected chi connectivity index (χ3v) is 6.59. The maximum absolute atomic E-state index is 13.7. The number of nitrogens with one attached hydrogen (secondary N) is 1. The Morgan fingerprint density at radius 1 is 1.07 bits per heavy atom. The van der Waals surface area contributed by atoms with Crippen LogP contribution in [-0.4, -0.2) is 20.9 Å². The molecule has 0 atom stereocenters. The number of benzene rings is 2. The van der Waals surface area contributed by atoms with Crippen molar-refractivity contribution < 1.29 is 22.0 Å². The largest absolute Gasteiger partial charge is 0.347 e. The van der Waals surface area contributed by atoms with Gasteiger partial charge in [-0.1, -0.05) is 12.1 Å². The van der Waals surface area contributed by atoms with Crippen LogP contribution in [0.1, 0.15) is 18.4 Å². The number of anilines is 1. The molecule has 1 amide bonds. The summed E-state index contributed by atoms with van der Waals surface area (Å²) < 4.78 is 52.7. The molecule has 2 heterocycles. The number of halogens is 2. The summed E-state index contributed by atoms with van der Waals surface area (Å²) >= 11 is 0. The number of nitrogens with zero attached hydrogens (tertiary/aromatic N) is 1. The average Bonchev–Trinajstić information content (AvgIpc) is 3.10. The third kappa shape index (κ3) is 2.99. The van der Waals surface area contributed by atoms with E-state index in [0.717, 1.165) is 6.07 Å². The molecule has 0 saturated carbocycles. The molecule has 0 aromatic heterocycles. The number of carbonyl (C=O) groups is 1. The van der Waals surface area contributed by atoms with Gasteiger partial charge < -0.3 is 10.2 Å². The first-order valence-electron chi connectivity index (χ1n) is 8.46. The minimum atomic E-state index is -4.14. The van der Waals surface area contributed by atoms with Crippen molar-refractivity contribution in [2.24, 2.45) is 0 Å². The summed E-state index contributed by atoms with van der Waals surface area (Å²) in [4.78, 5) is 14.0. The molecule has 4 rings (SSSR count). The van der Waals surface area contributed by atoms with Gasteiger partial charge in [-0.25, -0.2) is 17.2 Å². The van der Waals surface area contributed by atoms with Crippen LogP contribution in [0.5, 0.6) is 0 Å². The van der Waals surface area contributed by atoms with Crippen LogP contribution in [0, 0.1) is 11.6 Å². The molecule has 1 N–H and O–H groups in total. The van der Waals surface area contributed by atoms with Crippen molar-refractivity contribution in [1.29, 1.82) is 0 Å². The molecule has 0 unspecified atom stereocenters. The summed E-state index contributed by atoms with van der Waals surface area (Å²) in [6, 6.07) is 9.14. The van der Waals surface area contributed by atoms with Crippen molar-refractivity contribution in [3.8, 4) is 0 Å². The number of rotatable bonds is 3. The van der Waals surface area contributed by atoms with Crippen LogP contribution in [-0.2, 0) is 21.2 Å². The fourth-order valence-corrected chi connectivity index (χ4v) is 5.27. The molecule has 8 heteroatoms. The number of amides is 1. The van der Waals surface area contributed by atoms with Crippen molar-refractivity contribution in [1.82, 2.24) is 5.32 Å². The Morgan fingerprint density at radius 2 is 1.78 bits per heavy atom. The number of allylic oxidation sites excluding steroid dienone is 1. The normalized spacial score (nSPS) is 17.5. The SMILES string of the molecule is O=C(NCc1ccc(F)cc1)C1=C2CCCN2c2ccc(F)cc2S1(=O)=O. The van der Waals surface area contributed by atoms with Crippen molar-refractivity contribution in [3.05, 3.63) is 70.3 Å². The number of hydrogen-bond donors (Lipinski definition) is 1. The van der Waals surface area contributed by atoms with Gasteiger partial charge in [-0.15, -0.1) is 0 Å². The van der Waals surface area contributed by atoms with E-state index >= 15 is 0 Å². The molecule has 140 valence electrons. The molecule has 2 aromatic rings. The quantitative estimate of drug-likeness (QED) is 0.875. The number of sulfone groups is 1. The third-order valence-electron chi connectivity index (χ3n) is 4.73. The standard InChI is InChI=1S/C19H16F2N2O3S/c20-13-5-3-12(4-6-13)11-22-19(24)18-16-2-1-9-23(16)15-8-7-14(21)10-17(15)27(18,25)26/h3-8,10H,1-2,9,11H2,(H,22,24). The second-order valence-electron chi connectivity index (χ2n) is 6.46. The lowest BCUT2D eigenvalue weighted by molar-refractivity contribution is -0.117. The molecule has 0 bridgehead atoms. The smallest absolute Gasteiger partial charge is 0.265 e. The Labute approximate surface area is 155 Å². The van der Waals surface area contributed by atoms with Crippen molar-refractivity contribution in [2.45, 2.75) is 24.3 Å². The molecule has 1 saturated heterocycles. The van der Waals surface area contributed by atoms with Crippen LogP contribution in [0.25, 0.3) is 0 Å². The van der Waals surface area contributed by atoms with E-state index in [1.54, 1.807) is 4.90 Å². The average molecular weight is 390 g/mol. The van der Waals surface area contributed by atoms with Gasteiger partial charge in [0.1, 0.15) is 11.6 Å². The highest BCUT2D eigenvalue weighted by Gasteiger charge is 2.41. The highest BCUT2D eigenvalue weighted by Crippen LogP contribution is 2.43. The minimum Gasteiger partial charge on any atom is -0.347 e. The molecule has 0 aliphatic carbocycles. The van der Waals surface area contributed by atoms with E-state index in [-0.39, 0.29) is 16.3 Å². The lowest BCUT2D eigenvalue weighted by Gasteiger charge is -2.30. The summed E-state index contributed by atoms with van der Waals surface area (Å²) in [6.45, 7) is 0.625. The first kappa shape index (κ1) is 17.7. The number of hydrogen-bond acceptors (Lipinski definition) is 4. The van der Waals surface area contributed by atoms with E-state index in [2.05, 4.69) is 5.32 Å². The van der Waals surface area contributed by atoms with Crippen molar-refractivity contribution >= 4 is 21.4 Å². The van der Waals surface area contributed by atoms with E-state index in [4.69, 9.17) is 0 Å². The van der Waals surface area contributed by atoms with E-state index in [1.165, 1.54) is 36.4 Å². The molecule has 5 nitrogen and oxygen atoms in total. The zero-order valence-corrected chi connectivity index (χ0v) is 15.0. The van der Waals surface area contributed by atoms with E-state index in [1.807, 2.05) is 0 Å². The van der Waals surface area contributed by atoms with Crippen LogP contribution in [0.3, 0.4) is 0 Å². The van der Waals surface area contributed by atoms with Crippen LogP contribution in [0.2, 0.25) is 0 Å². The monoisotopic (exact) mass is 390 g/mol. The van der Waals surface area contributed by atoms with Crippen LogP contribution in [0.4, 0.5) is 14.5 Å². The van der Waals surface area contributed by atoms with Gasteiger partial charge in [-0.2, -0.15) is 0 Å². The van der Waals surface area contributed by atoms with Gasteiger partial charge in [0.05, 0.1) is 10.6 Å². The summed E-state index contributed by atoms with van der Waals surface area (Å²) in [5.74, 6) is -1.81. The maximum atomic E-state index is 13.7. The Morgan fingerprint density at radius 3 is 2.52 bits per heavy atom. The molecule has 0 radical (unpaired) electrons. The highest BCUT2D eigenvalue weighted by molar-refractivity contribution is 7.96. The molecule has 0 spiro atoms. The second kappa shape index (κ2) is 6.45. The number of fused-ring (bicyclic) bond motifs is 3. The van der Waals surface area contributed by atoms with Crippen molar-refractivity contribution in [2.75, 3.05) is 11.4 Å². The second-order valence-corrected chi connectivity index (χ2v) is 8.31. The lowest BCUT2D eigenvalue weighted by atomic mass is 10.2. The van der Waals surface area contributed by atoms with Gasteiger partial charge in [-0.3, -0.25) is 4.79 Å². The Kier molecular flexibility index (Phi) is 4.22. The van der Waals surface area contributed by atoms with E-state index in [9.17, 15) is 22.0 Å². The zero-order chi connectivity index (χ0) is 19.2. The highest BCUT2D eigenvalue weighted by atomic mass is 32.2. The predicted molar refractivity (Wildman–Crippen MR) is 95.4 cm³/mol. The molecule has 27 heavy (non-hydrogen) atoms. The van der Waals surface area contributed by atoms with Crippen LogP contribution < -0.4 is 10.2 Å². The first-order chi connectivity index (χ1) is 12.9. The molecule has 2 aromatic carbocycles. The Balaban J connectivity index is 1.70. The van der Waals surface area contributed by atoms with Gasteiger partial charge in [0.2, 0.25) is 9.84 Å². The summed E-state index contributed by atoms with van der Waals surface area (Å²) in [6.07, 6.45) is 1.16. The molecule has 1 fully saturated rings. The molecular weight excluding hydrogens is 374 g/mol. The predicted octanol–water partition coefficient (Wildman–Crippen LogP) is 2.88. The van der Waals surface area contributed by atoms with Gasteiger partial charge in [0.15, 0.2) is 4.91 Å². The summed E-state index contributed by atoms with van der Waals surface area (Å²) in [5.41, 5.74) is 1.47. The Hall–Kier alpha value is -2.74. The van der Waals surface area contributed by atoms with Crippen LogP contribution >= 0.6 is 0 Å². The van der Waals surface area contributed by atoms with Gasteiger partial charge in [-0.05, 0) is 48.7 Å². The minimum absolute atomic E-state index is 0.0570. The summed E-state index contributed by atoms with van der Waals surface area (Å²) in [5, 5.41) is 2.58. The zero-order valence-electron chi connectivity index (χ0n) is 14.2.